The number of aliphatic hydroxyl groups excluding tert-OH is 1. The average Bonchev–Trinajstić information content (AvgIpc) is 3.59. The molecule has 0 aliphatic carbocycles. The third-order valence-electron chi connectivity index (χ3n) is 9.25. The summed E-state index contributed by atoms with van der Waals surface area (Å²) in [5.74, 6) is 0.781. The van der Waals surface area contributed by atoms with Crippen molar-refractivity contribution in [2.24, 2.45) is 10.1 Å². The van der Waals surface area contributed by atoms with E-state index in [1.165, 1.54) is 5.56 Å². The molecule has 2 N–H and O–H groups in total. The highest BCUT2D eigenvalue weighted by atomic mass is 16.5. The van der Waals surface area contributed by atoms with Gasteiger partial charge in [-0.25, -0.2) is 4.99 Å². The Morgan fingerprint density at radius 1 is 0.808 bits per heavy atom. The predicted octanol–water partition coefficient (Wildman–Crippen LogP) is 8.56. The minimum Gasteiger partial charge on any atom is -0.494 e. The quantitative estimate of drug-likeness (QED) is 0.0438. The minimum atomic E-state index is -1.38. The monoisotopic (exact) mass is 693 g/mol. The molecule has 5 aromatic carbocycles. The maximum Gasteiger partial charge on any atom is 0.252 e. The predicted molar refractivity (Wildman–Crippen MR) is 204 cm³/mol. The van der Waals surface area contributed by atoms with Crippen LogP contribution in [-0.4, -0.2) is 42.2 Å². The number of aliphatic imine (C=N–C) groups is 1. The number of ether oxygens (including phenoxy) is 2. The Kier molecular flexibility index (Phi) is 12.3. The van der Waals surface area contributed by atoms with Crippen molar-refractivity contribution in [2.75, 3.05) is 19.8 Å². The number of benzene rings is 5. The third-order valence-corrected chi connectivity index (χ3v) is 9.25. The second-order valence-electron chi connectivity index (χ2n) is 12.8. The zero-order chi connectivity index (χ0) is 36.0. The van der Waals surface area contributed by atoms with E-state index in [1.54, 1.807) is 0 Å². The van der Waals surface area contributed by atoms with E-state index in [0.717, 1.165) is 47.1 Å². The number of unbranched alkanes of at least 4 members (excludes halogenated alkanes) is 1. The molecule has 9 nitrogen and oxygen atoms in total. The van der Waals surface area contributed by atoms with E-state index in [-0.39, 0.29) is 25.5 Å². The smallest absolute Gasteiger partial charge is 0.252 e. The van der Waals surface area contributed by atoms with Crippen LogP contribution in [0, 0.1) is 0 Å². The van der Waals surface area contributed by atoms with E-state index in [4.69, 9.17) is 25.1 Å². The Bertz CT molecular complexity index is 1980. The molecule has 1 heterocycles. The molecule has 0 fully saturated rings. The van der Waals surface area contributed by atoms with Crippen LogP contribution >= 0.6 is 0 Å². The van der Waals surface area contributed by atoms with Gasteiger partial charge >= 0.3 is 0 Å². The summed E-state index contributed by atoms with van der Waals surface area (Å²) in [4.78, 5) is 22.9. The first-order valence-corrected chi connectivity index (χ1v) is 17.8. The zero-order valence-corrected chi connectivity index (χ0v) is 29.1. The second-order valence-corrected chi connectivity index (χ2v) is 12.8. The van der Waals surface area contributed by atoms with Crippen LogP contribution in [-0.2, 0) is 28.9 Å². The van der Waals surface area contributed by atoms with Crippen molar-refractivity contribution in [3.05, 3.63) is 172 Å². The highest BCUT2D eigenvalue weighted by molar-refractivity contribution is 6.01. The van der Waals surface area contributed by atoms with E-state index >= 15 is 0 Å². The molecule has 52 heavy (non-hydrogen) atoms. The Balaban J connectivity index is 1.36. The largest absolute Gasteiger partial charge is 0.494 e. The standard InChI is InChI=1S/C43H43N5O4/c44-48-46-31-38-18-8-7-17-37(38)30-43(42(50)45-27-10-9-14-32-12-3-1-4-13-32)40(35-21-19-34(20-22-35)33-15-5-2-6-16-33)52-41(47-43)36-23-25-39(26-24-36)51-29-11-28-49/h1-8,12-13,15-26,40,49H,9-11,14,27-31H2,(H,45,50)/t40-,43-/m1/s1. The first kappa shape index (κ1) is 35.9. The fraction of sp³-hybridized carbons (Fsp3) is 0.256. The Morgan fingerprint density at radius 2 is 1.46 bits per heavy atom. The molecule has 2 atom stereocenters. The van der Waals surface area contributed by atoms with Crippen molar-refractivity contribution in [1.29, 1.82) is 0 Å². The Morgan fingerprint density at radius 3 is 2.17 bits per heavy atom. The molecule has 1 aliphatic heterocycles. The second kappa shape index (κ2) is 17.9. The molecule has 0 radical (unpaired) electrons. The fourth-order valence-electron chi connectivity index (χ4n) is 6.50. The van der Waals surface area contributed by atoms with E-state index in [2.05, 4.69) is 39.6 Å². The molecule has 6 rings (SSSR count). The van der Waals surface area contributed by atoms with Gasteiger partial charge in [0.2, 0.25) is 5.90 Å². The number of nitrogens with one attached hydrogen (secondary N) is 1. The third kappa shape index (κ3) is 8.87. The molecule has 0 bridgehead atoms. The first-order chi connectivity index (χ1) is 25.6. The van der Waals surface area contributed by atoms with Crippen LogP contribution < -0.4 is 10.1 Å². The SMILES string of the molecule is [N-]=[N+]=NCc1ccccc1C[C@@]1(C(=O)NCCCCc2ccccc2)N=C(c2ccc(OCCCO)cc2)O[C@@H]1c1ccc(-c2ccccc2)cc1. The van der Waals surface area contributed by atoms with Crippen LogP contribution in [0.5, 0.6) is 5.75 Å². The van der Waals surface area contributed by atoms with Crippen LogP contribution in [0.15, 0.2) is 144 Å². The lowest BCUT2D eigenvalue weighted by atomic mass is 9.80. The van der Waals surface area contributed by atoms with Gasteiger partial charge in [-0.15, -0.1) is 0 Å². The van der Waals surface area contributed by atoms with Gasteiger partial charge in [0.25, 0.3) is 5.91 Å². The van der Waals surface area contributed by atoms with Crippen molar-refractivity contribution in [2.45, 2.75) is 50.3 Å². The van der Waals surface area contributed by atoms with Crippen molar-refractivity contribution in [1.82, 2.24) is 5.32 Å². The normalized spacial score (nSPS) is 16.3. The van der Waals surface area contributed by atoms with Gasteiger partial charge in [-0.2, -0.15) is 0 Å². The van der Waals surface area contributed by atoms with Gasteiger partial charge in [0.15, 0.2) is 11.6 Å². The lowest BCUT2D eigenvalue weighted by Gasteiger charge is -2.31. The Labute approximate surface area is 304 Å². The molecular weight excluding hydrogens is 651 g/mol. The van der Waals surface area contributed by atoms with Crippen LogP contribution in [0.25, 0.3) is 21.6 Å². The maximum absolute atomic E-state index is 14.8. The van der Waals surface area contributed by atoms with Crippen molar-refractivity contribution < 1.29 is 19.4 Å². The molecule has 0 unspecified atom stereocenters. The summed E-state index contributed by atoms with van der Waals surface area (Å²) < 4.78 is 12.5. The van der Waals surface area contributed by atoms with Gasteiger partial charge in [0, 0.05) is 36.5 Å². The number of aliphatic hydroxyl groups is 1. The molecule has 0 spiro atoms. The van der Waals surface area contributed by atoms with Crippen LogP contribution in [0.2, 0.25) is 0 Å². The van der Waals surface area contributed by atoms with Crippen LogP contribution in [0.1, 0.15) is 53.2 Å². The minimum absolute atomic E-state index is 0.0552. The van der Waals surface area contributed by atoms with Crippen LogP contribution in [0.4, 0.5) is 0 Å². The van der Waals surface area contributed by atoms with Crippen molar-refractivity contribution in [3.8, 4) is 16.9 Å². The zero-order valence-electron chi connectivity index (χ0n) is 29.1. The summed E-state index contributed by atoms with van der Waals surface area (Å²) in [6.45, 7) is 1.09. The Hall–Kier alpha value is -5.89. The summed E-state index contributed by atoms with van der Waals surface area (Å²) >= 11 is 0. The molecule has 9 heteroatoms. The highest BCUT2D eigenvalue weighted by Crippen LogP contribution is 2.43. The fourth-order valence-corrected chi connectivity index (χ4v) is 6.50. The number of azide groups is 1. The number of aryl methyl sites for hydroxylation is 1. The summed E-state index contributed by atoms with van der Waals surface area (Å²) in [5.41, 5.74) is 14.3. The van der Waals surface area contributed by atoms with E-state index in [0.29, 0.717) is 36.8 Å². The van der Waals surface area contributed by atoms with Crippen molar-refractivity contribution in [3.63, 3.8) is 0 Å². The molecular formula is C43H43N5O4. The maximum atomic E-state index is 14.8. The molecule has 1 amide bonds. The lowest BCUT2D eigenvalue weighted by molar-refractivity contribution is -0.128. The number of hydrogen-bond acceptors (Lipinski definition) is 6. The molecule has 1 aliphatic rings. The summed E-state index contributed by atoms with van der Waals surface area (Å²) in [7, 11) is 0. The molecule has 0 aromatic heterocycles. The van der Waals surface area contributed by atoms with Crippen molar-refractivity contribution >= 4 is 11.8 Å². The van der Waals surface area contributed by atoms with E-state index in [9.17, 15) is 4.79 Å². The average molecular weight is 694 g/mol. The number of rotatable bonds is 17. The molecule has 264 valence electrons. The van der Waals surface area contributed by atoms with Crippen LogP contribution in [0.3, 0.4) is 0 Å². The lowest BCUT2D eigenvalue weighted by Crippen LogP contribution is -2.50. The number of carbonyl (C=O) groups excluding carboxylic acids is 1. The molecule has 0 saturated heterocycles. The van der Waals surface area contributed by atoms with Gasteiger partial charge in [-0.3, -0.25) is 4.79 Å². The molecule has 5 aromatic rings. The van der Waals surface area contributed by atoms with Gasteiger partial charge in [-0.1, -0.05) is 114 Å². The number of hydrogen-bond donors (Lipinski definition) is 2. The van der Waals surface area contributed by atoms with Gasteiger partial charge < -0.3 is 19.9 Å². The number of carbonyl (C=O) groups is 1. The summed E-state index contributed by atoms with van der Waals surface area (Å²) in [6, 6.07) is 43.7. The highest BCUT2D eigenvalue weighted by Gasteiger charge is 2.53. The van der Waals surface area contributed by atoms with E-state index in [1.807, 2.05) is 109 Å². The van der Waals surface area contributed by atoms with Gasteiger partial charge in [-0.05, 0) is 82.4 Å². The summed E-state index contributed by atoms with van der Waals surface area (Å²) in [5, 5.41) is 16.2. The van der Waals surface area contributed by atoms with Gasteiger partial charge in [0.1, 0.15) is 5.75 Å². The molecule has 0 saturated carbocycles. The van der Waals surface area contributed by atoms with E-state index < -0.39 is 11.6 Å². The summed E-state index contributed by atoms with van der Waals surface area (Å²) in [6.07, 6.45) is 2.65. The number of amides is 1. The number of nitrogens with zero attached hydrogens (tertiary/aromatic N) is 4. The first-order valence-electron chi connectivity index (χ1n) is 17.8. The topological polar surface area (TPSA) is 129 Å². The van der Waals surface area contributed by atoms with Gasteiger partial charge in [0.05, 0.1) is 13.2 Å².